The summed E-state index contributed by atoms with van der Waals surface area (Å²) in [5.74, 6) is -2.65. The summed E-state index contributed by atoms with van der Waals surface area (Å²) in [6.07, 6.45) is 3.83. The maximum absolute atomic E-state index is 13.1. The lowest BCUT2D eigenvalue weighted by Gasteiger charge is -2.33. The van der Waals surface area contributed by atoms with Gasteiger partial charge in [0.1, 0.15) is 0 Å². The summed E-state index contributed by atoms with van der Waals surface area (Å²) in [5.41, 5.74) is 1.06. The van der Waals surface area contributed by atoms with E-state index in [0.29, 0.717) is 6.54 Å². The van der Waals surface area contributed by atoms with Gasteiger partial charge < -0.3 is 9.80 Å². The maximum atomic E-state index is 13.1. The van der Waals surface area contributed by atoms with Gasteiger partial charge in [0.05, 0.1) is 5.92 Å². The second-order valence-electron chi connectivity index (χ2n) is 5.82. The first kappa shape index (κ1) is 14.2. The zero-order valence-electron chi connectivity index (χ0n) is 11.8. The van der Waals surface area contributed by atoms with Gasteiger partial charge in [0, 0.05) is 57.1 Å². The van der Waals surface area contributed by atoms with Crippen LogP contribution in [0.2, 0.25) is 0 Å². The Morgan fingerprint density at radius 3 is 2.52 bits per heavy atom. The minimum absolute atomic E-state index is 0.0297. The molecule has 21 heavy (non-hydrogen) atoms. The van der Waals surface area contributed by atoms with Gasteiger partial charge in [0.15, 0.2) is 0 Å². The third-order valence-corrected chi connectivity index (χ3v) is 4.37. The topological polar surface area (TPSA) is 36.4 Å². The molecule has 2 aliphatic rings. The monoisotopic (exact) mass is 295 g/mol. The molecule has 0 spiro atoms. The second-order valence-corrected chi connectivity index (χ2v) is 5.82. The predicted octanol–water partition coefficient (Wildman–Crippen LogP) is 2.17. The smallest absolute Gasteiger partial charge is 0.251 e. The number of likely N-dealkylation sites (tertiary alicyclic amines) is 1. The van der Waals surface area contributed by atoms with Gasteiger partial charge in [-0.15, -0.1) is 0 Å². The van der Waals surface area contributed by atoms with Crippen LogP contribution in [-0.2, 0) is 4.79 Å². The molecule has 114 valence electrons. The average Bonchev–Trinajstić information content (AvgIpc) is 2.97. The van der Waals surface area contributed by atoms with Crippen LogP contribution in [0.25, 0.3) is 0 Å². The summed E-state index contributed by atoms with van der Waals surface area (Å²) in [6, 6.07) is 3.85. The summed E-state index contributed by atoms with van der Waals surface area (Å²) in [7, 11) is 0. The number of alkyl halides is 2. The highest BCUT2D eigenvalue weighted by Gasteiger charge is 2.38. The molecule has 2 aliphatic heterocycles. The highest BCUT2D eigenvalue weighted by Crippen LogP contribution is 2.30. The van der Waals surface area contributed by atoms with E-state index in [1.54, 1.807) is 17.3 Å². The molecule has 1 unspecified atom stereocenters. The zero-order chi connectivity index (χ0) is 14.9. The van der Waals surface area contributed by atoms with Crippen molar-refractivity contribution in [3.8, 4) is 0 Å². The first-order chi connectivity index (χ1) is 10.1. The van der Waals surface area contributed by atoms with E-state index in [1.165, 1.54) is 0 Å². The lowest BCUT2D eigenvalue weighted by atomic mass is 10.0. The van der Waals surface area contributed by atoms with Crippen molar-refractivity contribution in [1.29, 1.82) is 0 Å². The van der Waals surface area contributed by atoms with Crippen molar-refractivity contribution in [1.82, 2.24) is 9.88 Å². The summed E-state index contributed by atoms with van der Waals surface area (Å²) in [6.45, 7) is 1.84. The van der Waals surface area contributed by atoms with Crippen molar-refractivity contribution >= 4 is 11.6 Å². The van der Waals surface area contributed by atoms with E-state index in [0.717, 1.165) is 18.7 Å². The molecule has 3 rings (SSSR count). The Morgan fingerprint density at radius 1 is 1.19 bits per heavy atom. The molecule has 4 nitrogen and oxygen atoms in total. The van der Waals surface area contributed by atoms with Crippen LogP contribution >= 0.6 is 0 Å². The summed E-state index contributed by atoms with van der Waals surface area (Å²) >= 11 is 0. The molecular weight excluding hydrogens is 276 g/mol. The number of amides is 1. The molecule has 0 saturated carbocycles. The fourth-order valence-electron chi connectivity index (χ4n) is 3.06. The van der Waals surface area contributed by atoms with Crippen LogP contribution < -0.4 is 4.90 Å². The van der Waals surface area contributed by atoms with Crippen molar-refractivity contribution < 1.29 is 13.6 Å². The molecule has 1 atom stereocenters. The third kappa shape index (κ3) is 3.14. The second kappa shape index (κ2) is 5.58. The molecule has 1 amide bonds. The lowest BCUT2D eigenvalue weighted by Crippen LogP contribution is -2.45. The maximum Gasteiger partial charge on any atom is 0.251 e. The fourth-order valence-corrected chi connectivity index (χ4v) is 3.06. The lowest BCUT2D eigenvalue weighted by molar-refractivity contribution is -0.140. The standard InChI is InChI=1S/C15H19F2N3O/c16-15(17)4-9-19(10-5-15)14(21)12-3-8-20(11-12)13-1-6-18-7-2-13/h1-2,6-7,12H,3-5,8-11H2. The number of halogens is 2. The van der Waals surface area contributed by atoms with Gasteiger partial charge >= 0.3 is 0 Å². The number of piperidine rings is 1. The highest BCUT2D eigenvalue weighted by molar-refractivity contribution is 5.80. The van der Waals surface area contributed by atoms with Crippen LogP contribution in [0.1, 0.15) is 19.3 Å². The Morgan fingerprint density at radius 2 is 1.86 bits per heavy atom. The molecule has 6 heteroatoms. The predicted molar refractivity (Wildman–Crippen MR) is 75.3 cm³/mol. The molecule has 2 saturated heterocycles. The van der Waals surface area contributed by atoms with E-state index >= 15 is 0 Å². The van der Waals surface area contributed by atoms with E-state index in [4.69, 9.17) is 0 Å². The van der Waals surface area contributed by atoms with Crippen molar-refractivity contribution in [2.24, 2.45) is 5.92 Å². The molecule has 2 fully saturated rings. The Kier molecular flexibility index (Phi) is 3.78. The van der Waals surface area contributed by atoms with Gasteiger partial charge in [-0.3, -0.25) is 9.78 Å². The number of carbonyl (C=O) groups is 1. The molecule has 1 aromatic rings. The SMILES string of the molecule is O=C(C1CCN(c2ccncc2)C1)N1CCC(F)(F)CC1. The van der Waals surface area contributed by atoms with Gasteiger partial charge in [-0.05, 0) is 18.6 Å². The summed E-state index contributed by atoms with van der Waals surface area (Å²) < 4.78 is 26.3. The number of hydrogen-bond acceptors (Lipinski definition) is 3. The number of pyridine rings is 1. The minimum atomic E-state index is -2.60. The largest absolute Gasteiger partial charge is 0.371 e. The summed E-state index contributed by atoms with van der Waals surface area (Å²) in [5, 5.41) is 0. The molecule has 0 aliphatic carbocycles. The Bertz CT molecular complexity index is 499. The van der Waals surface area contributed by atoms with E-state index in [2.05, 4.69) is 9.88 Å². The Hall–Kier alpha value is -1.72. The molecule has 3 heterocycles. The van der Waals surface area contributed by atoms with Crippen LogP contribution in [0, 0.1) is 5.92 Å². The molecular formula is C15H19F2N3O. The first-order valence-corrected chi connectivity index (χ1v) is 7.37. The number of aromatic nitrogens is 1. The van der Waals surface area contributed by atoms with Gasteiger partial charge in [-0.2, -0.15) is 0 Å². The molecule has 0 N–H and O–H groups in total. The van der Waals surface area contributed by atoms with Crippen molar-refractivity contribution in [2.45, 2.75) is 25.2 Å². The Labute approximate surface area is 122 Å². The number of rotatable bonds is 2. The summed E-state index contributed by atoms with van der Waals surface area (Å²) in [4.78, 5) is 20.2. The zero-order valence-corrected chi connectivity index (χ0v) is 11.8. The normalized spacial score (nSPS) is 25.1. The third-order valence-electron chi connectivity index (χ3n) is 4.37. The molecule has 0 aromatic carbocycles. The number of anilines is 1. The van der Waals surface area contributed by atoms with Gasteiger partial charge in [-0.1, -0.05) is 0 Å². The van der Waals surface area contributed by atoms with Crippen molar-refractivity contribution in [3.63, 3.8) is 0 Å². The number of carbonyl (C=O) groups excluding carboxylic acids is 1. The van der Waals surface area contributed by atoms with Crippen LogP contribution in [0.3, 0.4) is 0 Å². The van der Waals surface area contributed by atoms with Crippen molar-refractivity contribution in [3.05, 3.63) is 24.5 Å². The number of hydrogen-bond donors (Lipinski definition) is 0. The van der Waals surface area contributed by atoms with E-state index < -0.39 is 5.92 Å². The molecule has 1 aromatic heterocycles. The quantitative estimate of drug-likeness (QED) is 0.839. The van der Waals surface area contributed by atoms with E-state index in [9.17, 15) is 13.6 Å². The van der Waals surface area contributed by atoms with Crippen LogP contribution in [0.5, 0.6) is 0 Å². The first-order valence-electron chi connectivity index (χ1n) is 7.37. The fraction of sp³-hybridized carbons (Fsp3) is 0.600. The van der Waals surface area contributed by atoms with Gasteiger partial charge in [0.25, 0.3) is 5.92 Å². The van der Waals surface area contributed by atoms with Crippen molar-refractivity contribution in [2.75, 3.05) is 31.1 Å². The molecule has 0 bridgehead atoms. The molecule has 0 radical (unpaired) electrons. The number of nitrogens with zero attached hydrogens (tertiary/aromatic N) is 3. The van der Waals surface area contributed by atoms with Crippen LogP contribution in [-0.4, -0.2) is 47.9 Å². The van der Waals surface area contributed by atoms with Crippen LogP contribution in [0.4, 0.5) is 14.5 Å². The van der Waals surface area contributed by atoms with E-state index in [1.807, 2.05) is 12.1 Å². The van der Waals surface area contributed by atoms with Gasteiger partial charge in [0.2, 0.25) is 5.91 Å². The highest BCUT2D eigenvalue weighted by atomic mass is 19.3. The average molecular weight is 295 g/mol. The Balaban J connectivity index is 1.58. The van der Waals surface area contributed by atoms with Crippen LogP contribution in [0.15, 0.2) is 24.5 Å². The van der Waals surface area contributed by atoms with E-state index in [-0.39, 0.29) is 37.8 Å². The minimum Gasteiger partial charge on any atom is -0.371 e. The van der Waals surface area contributed by atoms with Gasteiger partial charge in [-0.25, -0.2) is 8.78 Å².